The molecular formula is C16H15Cl3N6O. The number of nitriles is 1. The molecule has 136 valence electrons. The van der Waals surface area contributed by atoms with Gasteiger partial charge in [-0.05, 0) is 36.4 Å². The molecule has 0 radical (unpaired) electrons. The van der Waals surface area contributed by atoms with Crippen molar-refractivity contribution >= 4 is 40.5 Å². The van der Waals surface area contributed by atoms with E-state index in [1.165, 1.54) is 5.01 Å². The number of hydrogen-bond acceptors (Lipinski definition) is 7. The average molecular weight is 414 g/mol. The second kappa shape index (κ2) is 8.29. The maximum absolute atomic E-state index is 8.84. The summed E-state index contributed by atoms with van der Waals surface area (Å²) in [6.07, 6.45) is -0.320. The van der Waals surface area contributed by atoms with E-state index in [1.54, 1.807) is 29.3 Å². The van der Waals surface area contributed by atoms with Crippen molar-refractivity contribution in [1.82, 2.24) is 15.4 Å². The monoisotopic (exact) mass is 412 g/mol. The fourth-order valence-corrected chi connectivity index (χ4v) is 3.24. The van der Waals surface area contributed by atoms with Crippen LogP contribution in [0.1, 0.15) is 5.56 Å². The highest BCUT2D eigenvalue weighted by atomic mass is 35.5. The molecular weight excluding hydrogens is 399 g/mol. The first kappa shape index (κ1) is 19.0. The maximum atomic E-state index is 8.84. The van der Waals surface area contributed by atoms with E-state index < -0.39 is 0 Å². The van der Waals surface area contributed by atoms with Crippen LogP contribution >= 0.6 is 34.8 Å². The van der Waals surface area contributed by atoms with Crippen LogP contribution in [0.15, 0.2) is 36.4 Å². The van der Waals surface area contributed by atoms with Gasteiger partial charge in [-0.3, -0.25) is 11.2 Å². The molecule has 0 aliphatic carbocycles. The lowest BCUT2D eigenvalue weighted by Gasteiger charge is -2.39. The molecule has 1 aliphatic rings. The summed E-state index contributed by atoms with van der Waals surface area (Å²) in [4.78, 5) is 5.73. The Kier molecular flexibility index (Phi) is 6.06. The van der Waals surface area contributed by atoms with Crippen molar-refractivity contribution in [3.63, 3.8) is 0 Å². The second-order valence-electron chi connectivity index (χ2n) is 5.53. The quantitative estimate of drug-likeness (QED) is 0.663. The number of rotatable bonds is 4. The van der Waals surface area contributed by atoms with Crippen LogP contribution in [-0.4, -0.2) is 29.7 Å². The Bertz CT molecular complexity index is 803. The van der Waals surface area contributed by atoms with E-state index in [0.29, 0.717) is 33.0 Å². The molecule has 1 aliphatic heterocycles. The Hall–Kier alpha value is -1.76. The van der Waals surface area contributed by atoms with E-state index in [2.05, 4.69) is 16.7 Å². The van der Waals surface area contributed by atoms with Gasteiger partial charge in [0.2, 0.25) is 0 Å². The molecule has 1 fully saturated rings. The van der Waals surface area contributed by atoms with Gasteiger partial charge < -0.3 is 10.2 Å². The topological polar surface area (TPSA) is 89.6 Å². The minimum Gasteiger partial charge on any atom is -0.400 e. The first-order valence-corrected chi connectivity index (χ1v) is 8.68. The van der Waals surface area contributed by atoms with Gasteiger partial charge in [0.15, 0.2) is 5.75 Å². The van der Waals surface area contributed by atoms with Crippen molar-refractivity contribution in [1.29, 1.82) is 5.26 Å². The van der Waals surface area contributed by atoms with Crippen molar-refractivity contribution in [2.24, 2.45) is 5.84 Å². The van der Waals surface area contributed by atoms with E-state index in [0.717, 1.165) is 5.69 Å². The molecule has 1 unspecified atom stereocenters. The molecule has 0 aromatic heterocycles. The molecule has 1 heterocycles. The lowest BCUT2D eigenvalue weighted by molar-refractivity contribution is -0.141. The number of hydroxylamine groups is 2. The molecule has 0 amide bonds. The van der Waals surface area contributed by atoms with Gasteiger partial charge in [0.05, 0.1) is 28.3 Å². The zero-order chi connectivity index (χ0) is 18.7. The number of hydrazine groups is 1. The van der Waals surface area contributed by atoms with Crippen molar-refractivity contribution in [2.75, 3.05) is 18.7 Å². The molecule has 26 heavy (non-hydrogen) atoms. The lowest BCUT2D eigenvalue weighted by atomic mass is 10.2. The summed E-state index contributed by atoms with van der Waals surface area (Å²) in [5.41, 5.74) is 1.42. The van der Waals surface area contributed by atoms with Gasteiger partial charge in [-0.15, -0.1) is 5.06 Å². The second-order valence-corrected chi connectivity index (χ2v) is 6.78. The number of anilines is 1. The van der Waals surface area contributed by atoms with Crippen LogP contribution in [0.2, 0.25) is 15.1 Å². The number of nitrogens with zero attached hydrogens (tertiary/aromatic N) is 3. The molecule has 1 saturated heterocycles. The summed E-state index contributed by atoms with van der Waals surface area (Å²) in [7, 11) is 0. The lowest BCUT2D eigenvalue weighted by Crippen LogP contribution is -2.65. The fourth-order valence-electron chi connectivity index (χ4n) is 2.36. The number of nitrogens with two attached hydrogens (primary N) is 1. The van der Waals surface area contributed by atoms with E-state index in [4.69, 9.17) is 50.7 Å². The van der Waals surface area contributed by atoms with Crippen molar-refractivity contribution in [3.05, 3.63) is 57.0 Å². The largest absolute Gasteiger partial charge is 0.400 e. The highest BCUT2D eigenvalue weighted by Gasteiger charge is 2.26. The van der Waals surface area contributed by atoms with Crippen LogP contribution < -0.4 is 21.3 Å². The van der Waals surface area contributed by atoms with Crippen LogP contribution in [0.3, 0.4) is 0 Å². The molecule has 2 aromatic carbocycles. The predicted octanol–water partition coefficient (Wildman–Crippen LogP) is 3.20. The van der Waals surface area contributed by atoms with E-state index in [-0.39, 0.29) is 13.0 Å². The maximum Gasteiger partial charge on any atom is 0.184 e. The Morgan fingerprint density at radius 1 is 1.19 bits per heavy atom. The SMILES string of the molecule is N#Cc1ccc(NC2NCN(Oc3c(Cl)cc(Cl)cc3Cl)CN2N)cc1. The predicted molar refractivity (Wildman–Crippen MR) is 101 cm³/mol. The Morgan fingerprint density at radius 2 is 1.85 bits per heavy atom. The van der Waals surface area contributed by atoms with Crippen LogP contribution in [0, 0.1) is 11.3 Å². The molecule has 0 bridgehead atoms. The van der Waals surface area contributed by atoms with Gasteiger partial charge in [0.1, 0.15) is 13.0 Å². The summed E-state index contributed by atoms with van der Waals surface area (Å²) < 4.78 is 0. The zero-order valence-corrected chi connectivity index (χ0v) is 15.7. The molecule has 3 rings (SSSR count). The Labute approximate surface area is 165 Å². The first-order valence-electron chi connectivity index (χ1n) is 7.55. The fraction of sp³-hybridized carbons (Fsp3) is 0.188. The summed E-state index contributed by atoms with van der Waals surface area (Å²) in [6, 6.07) is 12.3. The van der Waals surface area contributed by atoms with Crippen molar-refractivity contribution < 1.29 is 4.84 Å². The molecule has 10 heteroatoms. The normalized spacial score (nSPS) is 18.3. The molecule has 0 saturated carbocycles. The van der Waals surface area contributed by atoms with E-state index in [1.807, 2.05) is 12.1 Å². The summed E-state index contributed by atoms with van der Waals surface area (Å²) >= 11 is 18.2. The van der Waals surface area contributed by atoms with Crippen molar-refractivity contribution in [2.45, 2.75) is 6.29 Å². The van der Waals surface area contributed by atoms with Gasteiger partial charge in [0, 0.05) is 10.7 Å². The van der Waals surface area contributed by atoms with Crippen LogP contribution in [-0.2, 0) is 0 Å². The van der Waals surface area contributed by atoms with Crippen molar-refractivity contribution in [3.8, 4) is 11.8 Å². The molecule has 4 N–H and O–H groups in total. The molecule has 0 spiro atoms. The standard InChI is InChI=1S/C16H15Cl3N6O/c17-11-5-13(18)15(14(19)6-11)26-24-8-22-16(25(21)9-24)23-12-3-1-10(7-20)2-4-12/h1-6,16,22-23H,8-9,21H2. The van der Waals surface area contributed by atoms with E-state index in [9.17, 15) is 0 Å². The van der Waals surface area contributed by atoms with Gasteiger partial charge in [0.25, 0.3) is 0 Å². The number of nitrogens with one attached hydrogen (secondary N) is 2. The number of benzene rings is 2. The number of halogens is 3. The van der Waals surface area contributed by atoms with Crippen LogP contribution in [0.4, 0.5) is 5.69 Å². The van der Waals surface area contributed by atoms with Gasteiger partial charge >= 0.3 is 0 Å². The Morgan fingerprint density at radius 3 is 2.42 bits per heavy atom. The molecule has 2 aromatic rings. The third kappa shape index (κ3) is 4.50. The van der Waals surface area contributed by atoms with Crippen LogP contribution in [0.25, 0.3) is 0 Å². The van der Waals surface area contributed by atoms with E-state index >= 15 is 0 Å². The first-order chi connectivity index (χ1) is 12.5. The minimum absolute atomic E-state index is 0.288. The average Bonchev–Trinajstić information content (AvgIpc) is 2.61. The smallest absolute Gasteiger partial charge is 0.184 e. The molecule has 1 atom stereocenters. The van der Waals surface area contributed by atoms with Gasteiger partial charge in [-0.25, -0.2) is 0 Å². The highest BCUT2D eigenvalue weighted by molar-refractivity contribution is 6.40. The summed E-state index contributed by atoms with van der Waals surface area (Å²) in [5, 5.41) is 19.4. The third-order valence-electron chi connectivity index (χ3n) is 3.61. The molecule has 7 nitrogen and oxygen atoms in total. The van der Waals surface area contributed by atoms with Crippen LogP contribution in [0.5, 0.6) is 5.75 Å². The third-order valence-corrected chi connectivity index (χ3v) is 4.39. The summed E-state index contributed by atoms with van der Waals surface area (Å²) in [6.45, 7) is 0.660. The Balaban J connectivity index is 1.60. The summed E-state index contributed by atoms with van der Waals surface area (Å²) in [5.74, 6) is 6.39. The highest BCUT2D eigenvalue weighted by Crippen LogP contribution is 2.36. The van der Waals surface area contributed by atoms with Gasteiger partial charge in [-0.1, -0.05) is 34.8 Å². The number of hydrogen-bond donors (Lipinski definition) is 3. The zero-order valence-electron chi connectivity index (χ0n) is 13.4. The minimum atomic E-state index is -0.320. The van der Waals surface area contributed by atoms with Gasteiger partial charge in [-0.2, -0.15) is 10.3 Å².